The van der Waals surface area contributed by atoms with Gasteiger partial charge in [0.1, 0.15) is 0 Å². The van der Waals surface area contributed by atoms with Crippen molar-refractivity contribution >= 4 is 23.2 Å². The molecule has 0 spiro atoms. The van der Waals surface area contributed by atoms with Crippen LogP contribution in [0.25, 0.3) is 0 Å². The van der Waals surface area contributed by atoms with E-state index in [1.165, 1.54) is 0 Å². The Morgan fingerprint density at radius 2 is 2.14 bits per heavy atom. The lowest BCUT2D eigenvalue weighted by Gasteiger charge is -2.13. The topological polar surface area (TPSA) is 38.0 Å². The summed E-state index contributed by atoms with van der Waals surface area (Å²) in [7, 11) is 1.90. The van der Waals surface area contributed by atoms with E-state index < -0.39 is 0 Å². The molecule has 0 amide bonds. The van der Waals surface area contributed by atoms with Crippen LogP contribution in [0, 0.1) is 0 Å². The second-order valence-electron chi connectivity index (χ2n) is 3.16. The minimum absolute atomic E-state index is 0.0350. The van der Waals surface area contributed by atoms with Gasteiger partial charge in [0.05, 0.1) is 0 Å². The zero-order chi connectivity index (χ0) is 10.6. The van der Waals surface area contributed by atoms with Crippen molar-refractivity contribution < 1.29 is 0 Å². The van der Waals surface area contributed by atoms with Crippen molar-refractivity contribution in [3.05, 3.63) is 33.8 Å². The van der Waals surface area contributed by atoms with Gasteiger partial charge in [-0.25, -0.2) is 0 Å². The van der Waals surface area contributed by atoms with Crippen LogP contribution in [-0.2, 0) is 0 Å². The highest BCUT2D eigenvalue weighted by molar-refractivity contribution is 6.35. The molecule has 1 aromatic rings. The Morgan fingerprint density at radius 1 is 1.43 bits per heavy atom. The first kappa shape index (κ1) is 11.8. The van der Waals surface area contributed by atoms with Crippen LogP contribution in [0.2, 0.25) is 10.0 Å². The first-order chi connectivity index (χ1) is 6.65. The van der Waals surface area contributed by atoms with Crippen LogP contribution in [-0.4, -0.2) is 13.6 Å². The third-order valence-corrected chi connectivity index (χ3v) is 2.63. The molecular weight excluding hydrogens is 219 g/mol. The quantitative estimate of drug-likeness (QED) is 0.838. The molecule has 0 aliphatic heterocycles. The molecule has 0 aliphatic rings. The SMILES string of the molecule is CNCCC(N)c1ccc(Cl)cc1Cl. The van der Waals surface area contributed by atoms with Crippen molar-refractivity contribution in [2.24, 2.45) is 5.73 Å². The second-order valence-corrected chi connectivity index (χ2v) is 4.01. The predicted octanol–water partition coefficient (Wildman–Crippen LogP) is 2.60. The molecule has 0 radical (unpaired) electrons. The summed E-state index contributed by atoms with van der Waals surface area (Å²) in [5.74, 6) is 0. The van der Waals surface area contributed by atoms with E-state index in [0.717, 1.165) is 18.5 Å². The first-order valence-corrected chi connectivity index (χ1v) is 5.26. The van der Waals surface area contributed by atoms with Crippen LogP contribution >= 0.6 is 23.2 Å². The van der Waals surface area contributed by atoms with E-state index in [0.29, 0.717) is 10.0 Å². The molecule has 4 heteroatoms. The minimum atomic E-state index is -0.0350. The normalized spacial score (nSPS) is 12.9. The number of nitrogens with two attached hydrogens (primary N) is 1. The van der Waals surface area contributed by atoms with Gasteiger partial charge in [0.25, 0.3) is 0 Å². The number of hydrogen-bond acceptors (Lipinski definition) is 2. The zero-order valence-corrected chi connectivity index (χ0v) is 9.57. The highest BCUT2D eigenvalue weighted by Gasteiger charge is 2.09. The standard InChI is InChI=1S/C10H14Cl2N2/c1-14-5-4-10(13)8-3-2-7(11)6-9(8)12/h2-3,6,10,14H,4-5,13H2,1H3. The maximum Gasteiger partial charge on any atom is 0.0468 e. The highest BCUT2D eigenvalue weighted by Crippen LogP contribution is 2.26. The van der Waals surface area contributed by atoms with Gasteiger partial charge < -0.3 is 11.1 Å². The van der Waals surface area contributed by atoms with Gasteiger partial charge >= 0.3 is 0 Å². The Balaban J connectivity index is 2.74. The molecule has 1 aromatic carbocycles. The van der Waals surface area contributed by atoms with E-state index >= 15 is 0 Å². The van der Waals surface area contributed by atoms with Crippen LogP contribution in [0.1, 0.15) is 18.0 Å². The number of halogens is 2. The maximum absolute atomic E-state index is 6.02. The summed E-state index contributed by atoms with van der Waals surface area (Å²) in [6.45, 7) is 0.875. The summed E-state index contributed by atoms with van der Waals surface area (Å²) >= 11 is 11.8. The molecule has 2 nitrogen and oxygen atoms in total. The Labute approximate surface area is 94.4 Å². The number of benzene rings is 1. The molecule has 0 saturated carbocycles. The van der Waals surface area contributed by atoms with Crippen molar-refractivity contribution in [3.8, 4) is 0 Å². The van der Waals surface area contributed by atoms with E-state index in [1.54, 1.807) is 6.07 Å². The van der Waals surface area contributed by atoms with Crippen LogP contribution in [0.5, 0.6) is 0 Å². The first-order valence-electron chi connectivity index (χ1n) is 4.50. The second kappa shape index (κ2) is 5.56. The minimum Gasteiger partial charge on any atom is -0.324 e. The molecule has 0 aliphatic carbocycles. The van der Waals surface area contributed by atoms with Gasteiger partial charge in [-0.3, -0.25) is 0 Å². The molecule has 0 saturated heterocycles. The van der Waals surface area contributed by atoms with Gasteiger partial charge in [0.15, 0.2) is 0 Å². The van der Waals surface area contributed by atoms with Gasteiger partial charge in [-0.1, -0.05) is 29.3 Å². The molecule has 3 N–H and O–H groups in total. The summed E-state index contributed by atoms with van der Waals surface area (Å²) in [6, 6.07) is 5.37. The van der Waals surface area contributed by atoms with Crippen molar-refractivity contribution in [1.29, 1.82) is 0 Å². The summed E-state index contributed by atoms with van der Waals surface area (Å²) in [5.41, 5.74) is 6.91. The third-order valence-electron chi connectivity index (χ3n) is 2.07. The predicted molar refractivity (Wildman–Crippen MR) is 61.9 cm³/mol. The average Bonchev–Trinajstić information content (AvgIpc) is 2.14. The molecule has 1 atom stereocenters. The summed E-state index contributed by atoms with van der Waals surface area (Å²) in [6.07, 6.45) is 0.859. The van der Waals surface area contributed by atoms with Crippen LogP contribution in [0.4, 0.5) is 0 Å². The Hall–Kier alpha value is -0.280. The van der Waals surface area contributed by atoms with Crippen LogP contribution in [0.15, 0.2) is 18.2 Å². The fraction of sp³-hybridized carbons (Fsp3) is 0.400. The van der Waals surface area contributed by atoms with Crippen molar-refractivity contribution in [2.45, 2.75) is 12.5 Å². The van der Waals surface area contributed by atoms with Gasteiger partial charge in [0, 0.05) is 16.1 Å². The van der Waals surface area contributed by atoms with Gasteiger partial charge in [-0.15, -0.1) is 0 Å². The molecule has 14 heavy (non-hydrogen) atoms. The van der Waals surface area contributed by atoms with Gasteiger partial charge in [-0.05, 0) is 37.7 Å². The molecule has 0 heterocycles. The van der Waals surface area contributed by atoms with Crippen LogP contribution in [0.3, 0.4) is 0 Å². The summed E-state index contributed by atoms with van der Waals surface area (Å²) in [5, 5.41) is 4.33. The lowest BCUT2D eigenvalue weighted by atomic mass is 10.0. The third kappa shape index (κ3) is 3.14. The summed E-state index contributed by atoms with van der Waals surface area (Å²) < 4.78 is 0. The van der Waals surface area contributed by atoms with E-state index in [4.69, 9.17) is 28.9 Å². The number of hydrogen-bond donors (Lipinski definition) is 2. The molecule has 78 valence electrons. The van der Waals surface area contributed by atoms with Crippen molar-refractivity contribution in [2.75, 3.05) is 13.6 Å². The number of rotatable bonds is 4. The number of nitrogens with one attached hydrogen (secondary N) is 1. The van der Waals surface area contributed by atoms with Crippen LogP contribution < -0.4 is 11.1 Å². The largest absolute Gasteiger partial charge is 0.324 e. The van der Waals surface area contributed by atoms with Crippen molar-refractivity contribution in [1.82, 2.24) is 5.32 Å². The van der Waals surface area contributed by atoms with E-state index in [1.807, 2.05) is 19.2 Å². The molecular formula is C10H14Cl2N2. The van der Waals surface area contributed by atoms with Gasteiger partial charge in [-0.2, -0.15) is 0 Å². The smallest absolute Gasteiger partial charge is 0.0468 e. The monoisotopic (exact) mass is 232 g/mol. The Bertz CT molecular complexity index is 302. The lowest BCUT2D eigenvalue weighted by Crippen LogP contribution is -2.18. The maximum atomic E-state index is 6.02. The van der Waals surface area contributed by atoms with E-state index in [-0.39, 0.29) is 6.04 Å². The van der Waals surface area contributed by atoms with E-state index in [9.17, 15) is 0 Å². The molecule has 0 aromatic heterocycles. The average molecular weight is 233 g/mol. The zero-order valence-electron chi connectivity index (χ0n) is 8.06. The molecule has 0 fully saturated rings. The fourth-order valence-corrected chi connectivity index (χ4v) is 1.81. The Morgan fingerprint density at radius 3 is 2.71 bits per heavy atom. The summed E-state index contributed by atoms with van der Waals surface area (Å²) in [4.78, 5) is 0. The lowest BCUT2D eigenvalue weighted by molar-refractivity contribution is 0.616. The van der Waals surface area contributed by atoms with E-state index in [2.05, 4.69) is 5.32 Å². The molecule has 1 rings (SSSR count). The Kier molecular flexibility index (Phi) is 4.69. The van der Waals surface area contributed by atoms with Gasteiger partial charge in [0.2, 0.25) is 0 Å². The molecule has 1 unspecified atom stereocenters. The highest BCUT2D eigenvalue weighted by atomic mass is 35.5. The fourth-order valence-electron chi connectivity index (χ4n) is 1.26. The molecule has 0 bridgehead atoms. The van der Waals surface area contributed by atoms with Crippen molar-refractivity contribution in [3.63, 3.8) is 0 Å².